The quantitative estimate of drug-likeness (QED) is 0.894. The lowest BCUT2D eigenvalue weighted by Gasteiger charge is -2.05. The smallest absolute Gasteiger partial charge is 0.175 e. The number of aromatic nitrogens is 1. The van der Waals surface area contributed by atoms with Crippen LogP contribution in [0.4, 0.5) is 5.82 Å². The molecule has 0 unspecified atom stereocenters. The molecule has 0 aliphatic heterocycles. The summed E-state index contributed by atoms with van der Waals surface area (Å²) in [6, 6.07) is 7.91. The molecule has 0 radical (unpaired) electrons. The van der Waals surface area contributed by atoms with Crippen molar-refractivity contribution < 1.29 is 9.26 Å². The zero-order valence-electron chi connectivity index (χ0n) is 11.1. The van der Waals surface area contributed by atoms with E-state index in [9.17, 15) is 0 Å². The van der Waals surface area contributed by atoms with E-state index in [1.165, 1.54) is 12.8 Å². The number of anilines is 1. The molecule has 1 aromatic carbocycles. The van der Waals surface area contributed by atoms with Crippen LogP contribution in [0.3, 0.4) is 0 Å². The van der Waals surface area contributed by atoms with E-state index in [0.29, 0.717) is 12.4 Å². The van der Waals surface area contributed by atoms with E-state index in [4.69, 9.17) is 15.0 Å². The SMILES string of the molecule is CCOc1ccc(-c2c(N)noc2CC2CC2)cc1. The standard InChI is InChI=1S/C15H18N2O2/c1-2-18-12-7-5-11(6-8-12)14-13(9-10-3-4-10)19-17-15(14)16/h5-8,10H,2-4,9H2,1H3,(H2,16,17). The van der Waals surface area contributed by atoms with Crippen LogP contribution < -0.4 is 10.5 Å². The molecule has 1 saturated carbocycles. The van der Waals surface area contributed by atoms with E-state index in [0.717, 1.165) is 35.0 Å². The third-order valence-corrected chi connectivity index (χ3v) is 3.41. The molecule has 0 bridgehead atoms. The monoisotopic (exact) mass is 258 g/mol. The number of rotatable bonds is 5. The topological polar surface area (TPSA) is 61.3 Å². The highest BCUT2D eigenvalue weighted by molar-refractivity contribution is 5.75. The first-order valence-corrected chi connectivity index (χ1v) is 6.75. The van der Waals surface area contributed by atoms with Crippen molar-refractivity contribution in [2.75, 3.05) is 12.3 Å². The highest BCUT2D eigenvalue weighted by Gasteiger charge is 2.26. The minimum Gasteiger partial charge on any atom is -0.494 e. The largest absolute Gasteiger partial charge is 0.494 e. The minimum absolute atomic E-state index is 0.472. The number of ether oxygens (including phenoxy) is 1. The number of hydrogen-bond acceptors (Lipinski definition) is 4. The summed E-state index contributed by atoms with van der Waals surface area (Å²) >= 11 is 0. The van der Waals surface area contributed by atoms with Gasteiger partial charge >= 0.3 is 0 Å². The first-order chi connectivity index (χ1) is 9.28. The van der Waals surface area contributed by atoms with Crippen LogP contribution in [0.15, 0.2) is 28.8 Å². The Kier molecular flexibility index (Phi) is 3.15. The van der Waals surface area contributed by atoms with Crippen LogP contribution in [0.2, 0.25) is 0 Å². The van der Waals surface area contributed by atoms with Crippen LogP contribution in [0.5, 0.6) is 5.75 Å². The summed E-state index contributed by atoms with van der Waals surface area (Å²) in [5, 5.41) is 3.90. The van der Waals surface area contributed by atoms with Crippen molar-refractivity contribution in [3.8, 4) is 16.9 Å². The summed E-state index contributed by atoms with van der Waals surface area (Å²) in [5.74, 6) is 2.99. The van der Waals surface area contributed by atoms with Gasteiger partial charge in [-0.3, -0.25) is 0 Å². The Morgan fingerprint density at radius 2 is 2.05 bits per heavy atom. The molecule has 0 atom stereocenters. The molecule has 19 heavy (non-hydrogen) atoms. The average molecular weight is 258 g/mol. The van der Waals surface area contributed by atoms with Gasteiger partial charge in [0, 0.05) is 6.42 Å². The second-order valence-electron chi connectivity index (χ2n) is 4.97. The lowest BCUT2D eigenvalue weighted by atomic mass is 10.0. The van der Waals surface area contributed by atoms with Gasteiger partial charge in [-0.25, -0.2) is 0 Å². The fraction of sp³-hybridized carbons (Fsp3) is 0.400. The molecule has 0 spiro atoms. The van der Waals surface area contributed by atoms with Crippen molar-refractivity contribution in [2.24, 2.45) is 5.92 Å². The molecular weight excluding hydrogens is 240 g/mol. The minimum atomic E-state index is 0.472. The third kappa shape index (κ3) is 2.57. The number of benzene rings is 1. The van der Waals surface area contributed by atoms with Gasteiger partial charge in [0.2, 0.25) is 0 Å². The van der Waals surface area contributed by atoms with Crippen LogP contribution >= 0.6 is 0 Å². The Bertz CT molecular complexity index is 556. The van der Waals surface area contributed by atoms with E-state index in [1.54, 1.807) is 0 Å². The zero-order valence-corrected chi connectivity index (χ0v) is 11.1. The van der Waals surface area contributed by atoms with Gasteiger partial charge in [-0.1, -0.05) is 17.3 Å². The van der Waals surface area contributed by atoms with Gasteiger partial charge in [-0.2, -0.15) is 0 Å². The molecule has 4 heteroatoms. The van der Waals surface area contributed by atoms with Crippen LogP contribution in [0.25, 0.3) is 11.1 Å². The van der Waals surface area contributed by atoms with E-state index in [-0.39, 0.29) is 0 Å². The van der Waals surface area contributed by atoms with Crippen molar-refractivity contribution in [3.05, 3.63) is 30.0 Å². The highest BCUT2D eigenvalue weighted by atomic mass is 16.5. The summed E-state index contributed by atoms with van der Waals surface area (Å²) in [6.45, 7) is 2.64. The molecule has 0 amide bonds. The van der Waals surface area contributed by atoms with Crippen LogP contribution in [0.1, 0.15) is 25.5 Å². The van der Waals surface area contributed by atoms with Gasteiger partial charge in [0.05, 0.1) is 12.2 Å². The molecule has 100 valence electrons. The van der Waals surface area contributed by atoms with Gasteiger partial charge in [-0.05, 0) is 43.4 Å². The molecule has 1 aromatic heterocycles. The van der Waals surface area contributed by atoms with Gasteiger partial charge < -0.3 is 15.0 Å². The number of nitrogen functional groups attached to an aromatic ring is 1. The van der Waals surface area contributed by atoms with E-state index >= 15 is 0 Å². The molecule has 4 nitrogen and oxygen atoms in total. The Morgan fingerprint density at radius 1 is 1.32 bits per heavy atom. The van der Waals surface area contributed by atoms with Crippen LogP contribution in [-0.4, -0.2) is 11.8 Å². The molecule has 1 heterocycles. The Balaban J connectivity index is 1.89. The lowest BCUT2D eigenvalue weighted by Crippen LogP contribution is -1.93. The van der Waals surface area contributed by atoms with Crippen LogP contribution in [0, 0.1) is 5.92 Å². The lowest BCUT2D eigenvalue weighted by molar-refractivity contribution is 0.340. The second kappa shape index (κ2) is 4.96. The van der Waals surface area contributed by atoms with Gasteiger partial charge in [0.25, 0.3) is 0 Å². The Morgan fingerprint density at radius 3 is 2.68 bits per heavy atom. The van der Waals surface area contributed by atoms with Crippen LogP contribution in [-0.2, 0) is 6.42 Å². The molecular formula is C15H18N2O2. The number of nitrogens with two attached hydrogens (primary N) is 1. The van der Waals surface area contributed by atoms with Crippen molar-refractivity contribution in [3.63, 3.8) is 0 Å². The number of hydrogen-bond donors (Lipinski definition) is 1. The molecule has 2 N–H and O–H groups in total. The van der Waals surface area contributed by atoms with Crippen molar-refractivity contribution in [1.82, 2.24) is 5.16 Å². The predicted molar refractivity (Wildman–Crippen MR) is 73.9 cm³/mol. The van der Waals surface area contributed by atoms with E-state index in [2.05, 4.69) is 5.16 Å². The maximum atomic E-state index is 5.93. The van der Waals surface area contributed by atoms with Gasteiger partial charge in [0.15, 0.2) is 5.82 Å². The fourth-order valence-corrected chi connectivity index (χ4v) is 2.26. The Hall–Kier alpha value is -1.97. The normalized spacial score (nSPS) is 14.6. The number of nitrogens with zero attached hydrogens (tertiary/aromatic N) is 1. The summed E-state index contributed by atoms with van der Waals surface area (Å²) < 4.78 is 10.8. The van der Waals surface area contributed by atoms with E-state index in [1.807, 2.05) is 31.2 Å². The molecule has 3 rings (SSSR count). The molecule has 1 aliphatic carbocycles. The average Bonchev–Trinajstić information content (AvgIpc) is 3.15. The first-order valence-electron chi connectivity index (χ1n) is 6.75. The molecule has 1 fully saturated rings. The van der Waals surface area contributed by atoms with Gasteiger partial charge in [-0.15, -0.1) is 0 Å². The summed E-state index contributed by atoms with van der Waals surface area (Å²) in [4.78, 5) is 0. The maximum Gasteiger partial charge on any atom is 0.175 e. The molecule has 0 saturated heterocycles. The second-order valence-corrected chi connectivity index (χ2v) is 4.97. The summed E-state index contributed by atoms with van der Waals surface area (Å²) in [7, 11) is 0. The maximum absolute atomic E-state index is 5.93. The molecule has 1 aliphatic rings. The van der Waals surface area contributed by atoms with E-state index < -0.39 is 0 Å². The summed E-state index contributed by atoms with van der Waals surface area (Å²) in [5.41, 5.74) is 7.91. The third-order valence-electron chi connectivity index (χ3n) is 3.41. The van der Waals surface area contributed by atoms with Crippen molar-refractivity contribution >= 4 is 5.82 Å². The first kappa shape index (κ1) is 12.1. The van der Waals surface area contributed by atoms with Gasteiger partial charge in [0.1, 0.15) is 11.5 Å². The zero-order chi connectivity index (χ0) is 13.2. The van der Waals surface area contributed by atoms with Crippen molar-refractivity contribution in [2.45, 2.75) is 26.2 Å². The Labute approximate surface area is 112 Å². The fourth-order valence-electron chi connectivity index (χ4n) is 2.26. The highest BCUT2D eigenvalue weighted by Crippen LogP contribution is 2.38. The van der Waals surface area contributed by atoms with Crippen molar-refractivity contribution in [1.29, 1.82) is 0 Å². The molecule has 2 aromatic rings. The predicted octanol–water partition coefficient (Wildman–Crippen LogP) is 3.28. The summed E-state index contributed by atoms with van der Waals surface area (Å²) in [6.07, 6.45) is 3.50.